The lowest BCUT2D eigenvalue weighted by atomic mass is 9.95. The lowest BCUT2D eigenvalue weighted by Crippen LogP contribution is -2.01. The third-order valence-electron chi connectivity index (χ3n) is 2.91. The van der Waals surface area contributed by atoms with Crippen molar-refractivity contribution < 1.29 is 0 Å². The maximum absolute atomic E-state index is 6.00. The van der Waals surface area contributed by atoms with Gasteiger partial charge in [-0.2, -0.15) is 0 Å². The minimum Gasteiger partial charge on any atom is -0.398 e. The molecule has 0 aliphatic heterocycles. The Labute approximate surface area is 87.5 Å². The summed E-state index contributed by atoms with van der Waals surface area (Å²) >= 11 is 3.46. The molecule has 1 atom stereocenters. The van der Waals surface area contributed by atoms with E-state index in [9.17, 15) is 0 Å². The summed E-state index contributed by atoms with van der Waals surface area (Å²) in [5, 5.41) is 0. The van der Waals surface area contributed by atoms with Gasteiger partial charge in [-0.25, -0.2) is 0 Å². The standard InChI is InChI=1S/C11H14BrN/c1-7(8-5-6-8)9-3-2-4-10(12)11(9)13/h2-4,7-8H,5-6,13H2,1H3/t7-/m1/s1. The minimum atomic E-state index is 0.623. The Bertz CT molecular complexity index is 318. The van der Waals surface area contributed by atoms with Crippen molar-refractivity contribution in [3.63, 3.8) is 0 Å². The van der Waals surface area contributed by atoms with Gasteiger partial charge in [0.2, 0.25) is 0 Å². The first-order chi connectivity index (χ1) is 6.20. The van der Waals surface area contributed by atoms with Crippen molar-refractivity contribution in [3.8, 4) is 0 Å². The molecule has 1 aromatic carbocycles. The average molecular weight is 240 g/mol. The number of nitrogens with two attached hydrogens (primary N) is 1. The Hall–Kier alpha value is -0.500. The fraction of sp³-hybridized carbons (Fsp3) is 0.455. The van der Waals surface area contributed by atoms with Gasteiger partial charge in [0.25, 0.3) is 0 Å². The third-order valence-corrected chi connectivity index (χ3v) is 3.60. The van der Waals surface area contributed by atoms with Gasteiger partial charge in [-0.1, -0.05) is 19.1 Å². The van der Waals surface area contributed by atoms with E-state index in [-0.39, 0.29) is 0 Å². The second-order valence-corrected chi connectivity index (χ2v) is 4.72. The number of hydrogen-bond acceptors (Lipinski definition) is 1. The van der Waals surface area contributed by atoms with Crippen LogP contribution < -0.4 is 5.73 Å². The number of nitrogen functional groups attached to an aromatic ring is 1. The molecular formula is C11H14BrN. The Morgan fingerprint density at radius 3 is 2.77 bits per heavy atom. The first-order valence-electron chi connectivity index (χ1n) is 4.74. The second kappa shape index (κ2) is 3.33. The predicted octanol–water partition coefficient (Wildman–Crippen LogP) is 3.54. The molecule has 1 aliphatic carbocycles. The second-order valence-electron chi connectivity index (χ2n) is 3.87. The van der Waals surface area contributed by atoms with Crippen LogP contribution in [0, 0.1) is 5.92 Å². The van der Waals surface area contributed by atoms with Crippen LogP contribution in [0.4, 0.5) is 5.69 Å². The van der Waals surface area contributed by atoms with E-state index < -0.39 is 0 Å². The third kappa shape index (κ3) is 1.73. The van der Waals surface area contributed by atoms with Crippen LogP contribution in [0.25, 0.3) is 0 Å². The van der Waals surface area contributed by atoms with Gasteiger partial charge in [0.15, 0.2) is 0 Å². The molecule has 0 amide bonds. The van der Waals surface area contributed by atoms with Gasteiger partial charge in [0.05, 0.1) is 0 Å². The first kappa shape index (κ1) is 9.07. The summed E-state index contributed by atoms with van der Waals surface area (Å²) in [5.74, 6) is 1.49. The molecule has 0 heterocycles. The Morgan fingerprint density at radius 2 is 2.15 bits per heavy atom. The molecule has 0 radical (unpaired) electrons. The molecule has 2 rings (SSSR count). The number of anilines is 1. The molecule has 0 bridgehead atoms. The highest BCUT2D eigenvalue weighted by Crippen LogP contribution is 2.44. The zero-order valence-electron chi connectivity index (χ0n) is 7.76. The fourth-order valence-corrected chi connectivity index (χ4v) is 2.18. The van der Waals surface area contributed by atoms with E-state index in [1.54, 1.807) is 0 Å². The molecule has 70 valence electrons. The van der Waals surface area contributed by atoms with Gasteiger partial charge >= 0.3 is 0 Å². The zero-order chi connectivity index (χ0) is 9.42. The van der Waals surface area contributed by atoms with Crippen molar-refractivity contribution in [1.29, 1.82) is 0 Å². The average Bonchev–Trinajstić information content (AvgIpc) is 2.91. The van der Waals surface area contributed by atoms with E-state index >= 15 is 0 Å². The Balaban J connectivity index is 2.32. The summed E-state index contributed by atoms with van der Waals surface area (Å²) < 4.78 is 1.03. The summed E-state index contributed by atoms with van der Waals surface area (Å²) in [6.07, 6.45) is 2.74. The van der Waals surface area contributed by atoms with Crippen LogP contribution in [0.5, 0.6) is 0 Å². The molecule has 0 spiro atoms. The molecule has 0 unspecified atom stereocenters. The van der Waals surface area contributed by atoms with E-state index in [4.69, 9.17) is 5.73 Å². The summed E-state index contributed by atoms with van der Waals surface area (Å²) in [4.78, 5) is 0. The van der Waals surface area contributed by atoms with Crippen LogP contribution in [0.1, 0.15) is 31.2 Å². The van der Waals surface area contributed by atoms with E-state index in [1.165, 1.54) is 18.4 Å². The Morgan fingerprint density at radius 1 is 1.46 bits per heavy atom. The van der Waals surface area contributed by atoms with Gasteiger partial charge in [-0.05, 0) is 52.2 Å². The molecule has 1 nitrogen and oxygen atoms in total. The molecule has 0 saturated heterocycles. The smallest absolute Gasteiger partial charge is 0.0493 e. The topological polar surface area (TPSA) is 26.0 Å². The molecule has 2 N–H and O–H groups in total. The van der Waals surface area contributed by atoms with Gasteiger partial charge < -0.3 is 5.73 Å². The molecule has 1 aromatic rings. The predicted molar refractivity (Wildman–Crippen MR) is 59.7 cm³/mol. The maximum Gasteiger partial charge on any atom is 0.0493 e. The van der Waals surface area contributed by atoms with E-state index in [0.717, 1.165) is 16.1 Å². The Kier molecular flexibility index (Phi) is 2.33. The van der Waals surface area contributed by atoms with Crippen LogP contribution in [-0.2, 0) is 0 Å². The van der Waals surface area contributed by atoms with Crippen LogP contribution in [-0.4, -0.2) is 0 Å². The highest BCUT2D eigenvalue weighted by Gasteiger charge is 2.29. The molecule has 0 aromatic heterocycles. The molecule has 1 aliphatic rings. The first-order valence-corrected chi connectivity index (χ1v) is 5.53. The number of hydrogen-bond donors (Lipinski definition) is 1. The van der Waals surface area contributed by atoms with Gasteiger partial charge in [0, 0.05) is 10.2 Å². The number of para-hydroxylation sites is 1. The van der Waals surface area contributed by atoms with Crippen molar-refractivity contribution in [2.75, 3.05) is 5.73 Å². The number of halogens is 1. The molecule has 2 heteroatoms. The van der Waals surface area contributed by atoms with Crippen molar-refractivity contribution in [2.45, 2.75) is 25.7 Å². The van der Waals surface area contributed by atoms with Crippen LogP contribution >= 0.6 is 15.9 Å². The van der Waals surface area contributed by atoms with Crippen LogP contribution in [0.2, 0.25) is 0 Å². The molecule has 1 fully saturated rings. The quantitative estimate of drug-likeness (QED) is 0.786. The zero-order valence-corrected chi connectivity index (χ0v) is 9.34. The van der Waals surface area contributed by atoms with E-state index in [1.807, 2.05) is 6.07 Å². The highest BCUT2D eigenvalue weighted by molar-refractivity contribution is 9.10. The number of benzene rings is 1. The summed E-state index contributed by atoms with van der Waals surface area (Å²) in [6.45, 7) is 2.27. The van der Waals surface area contributed by atoms with E-state index in [2.05, 4.69) is 35.0 Å². The highest BCUT2D eigenvalue weighted by atomic mass is 79.9. The van der Waals surface area contributed by atoms with Crippen LogP contribution in [0.15, 0.2) is 22.7 Å². The van der Waals surface area contributed by atoms with Crippen LogP contribution in [0.3, 0.4) is 0 Å². The fourth-order valence-electron chi connectivity index (χ4n) is 1.80. The van der Waals surface area contributed by atoms with Crippen molar-refractivity contribution >= 4 is 21.6 Å². The van der Waals surface area contributed by atoms with Gasteiger partial charge in [0.1, 0.15) is 0 Å². The van der Waals surface area contributed by atoms with Gasteiger partial charge in [-0.3, -0.25) is 0 Å². The largest absolute Gasteiger partial charge is 0.398 e. The lowest BCUT2D eigenvalue weighted by Gasteiger charge is -2.14. The van der Waals surface area contributed by atoms with E-state index in [0.29, 0.717) is 5.92 Å². The minimum absolute atomic E-state index is 0.623. The number of rotatable bonds is 2. The molecular weight excluding hydrogens is 226 g/mol. The monoisotopic (exact) mass is 239 g/mol. The van der Waals surface area contributed by atoms with Crippen molar-refractivity contribution in [2.24, 2.45) is 5.92 Å². The normalized spacial score (nSPS) is 18.6. The lowest BCUT2D eigenvalue weighted by molar-refractivity contribution is 0.666. The van der Waals surface area contributed by atoms with Crippen molar-refractivity contribution in [3.05, 3.63) is 28.2 Å². The maximum atomic E-state index is 6.00. The summed E-state index contributed by atoms with van der Waals surface area (Å²) in [5.41, 5.74) is 8.22. The summed E-state index contributed by atoms with van der Waals surface area (Å²) in [6, 6.07) is 6.20. The molecule has 13 heavy (non-hydrogen) atoms. The summed E-state index contributed by atoms with van der Waals surface area (Å²) in [7, 11) is 0. The SMILES string of the molecule is C[C@@H](c1cccc(Br)c1N)C1CC1. The molecule has 1 saturated carbocycles. The van der Waals surface area contributed by atoms with Crippen molar-refractivity contribution in [1.82, 2.24) is 0 Å². The van der Waals surface area contributed by atoms with Gasteiger partial charge in [-0.15, -0.1) is 0 Å².